The molecule has 2 aromatic heterocycles. The number of aliphatic imine (C=N–C) groups is 1. The van der Waals surface area contributed by atoms with Gasteiger partial charge >= 0.3 is 0 Å². The van der Waals surface area contributed by atoms with E-state index in [0.29, 0.717) is 19.5 Å². The third-order valence-electron chi connectivity index (χ3n) is 12.3. The van der Waals surface area contributed by atoms with Crippen LogP contribution in [0, 0.1) is 17.5 Å². The summed E-state index contributed by atoms with van der Waals surface area (Å²) in [5.41, 5.74) is 14.4. The first kappa shape index (κ1) is 32.9. The van der Waals surface area contributed by atoms with Crippen LogP contribution in [0.2, 0.25) is 0 Å². The molecule has 8 rings (SSSR count). The molecule has 0 atom stereocenters. The molecule has 50 heavy (non-hydrogen) atoms. The lowest BCUT2D eigenvalue weighted by atomic mass is 9.73. The molecule has 0 amide bonds. The molecule has 0 spiro atoms. The third-order valence-corrected chi connectivity index (χ3v) is 12.3. The molecule has 6 nitrogen and oxygen atoms in total. The molecule has 0 aliphatic carbocycles. The molecule has 0 saturated carbocycles. The van der Waals surface area contributed by atoms with Crippen molar-refractivity contribution in [3.05, 3.63) is 113 Å². The van der Waals surface area contributed by atoms with Crippen molar-refractivity contribution < 1.29 is 10.2 Å². The predicted octanol–water partition coefficient (Wildman–Crippen LogP) is 7.32. The minimum absolute atomic E-state index is 0.148. The van der Waals surface area contributed by atoms with Gasteiger partial charge in [0, 0.05) is 40.6 Å². The van der Waals surface area contributed by atoms with Crippen molar-refractivity contribution >= 4 is 34.7 Å². The maximum atomic E-state index is 10.1. The summed E-state index contributed by atoms with van der Waals surface area (Å²) in [5.74, 6) is 0. The van der Waals surface area contributed by atoms with Crippen LogP contribution in [0.1, 0.15) is 106 Å². The van der Waals surface area contributed by atoms with Crippen LogP contribution >= 0.6 is 0 Å². The molecule has 4 aliphatic rings. The van der Waals surface area contributed by atoms with E-state index in [4.69, 9.17) is 9.98 Å². The monoisotopic (exact) mass is 666 g/mol. The molecule has 0 saturated heterocycles. The third kappa shape index (κ3) is 4.53. The Balaban J connectivity index is 1.68. The maximum absolute atomic E-state index is 10.1. The predicted molar refractivity (Wildman–Crippen MR) is 205 cm³/mol. The zero-order valence-corrected chi connectivity index (χ0v) is 30.6. The van der Waals surface area contributed by atoms with E-state index in [2.05, 4.69) is 99.2 Å². The van der Waals surface area contributed by atoms with E-state index in [9.17, 15) is 10.2 Å². The minimum Gasteiger partial charge on any atom is -0.396 e. The van der Waals surface area contributed by atoms with Crippen LogP contribution in [-0.2, 0) is 31.3 Å². The maximum Gasteiger partial charge on any atom is 0.100 e. The first-order valence-electron chi connectivity index (χ1n) is 18.9. The molecule has 6 heterocycles. The van der Waals surface area contributed by atoms with Crippen LogP contribution in [0.5, 0.6) is 0 Å². The fourth-order valence-corrected chi connectivity index (χ4v) is 9.61. The standard InChI is InChI=1S/C44H50N4O2/c1-7-29-30(8-2)43-41-33-16-12-11-15-28(33)21-34-42(41)46-40(44(34,9-3)10-4)24-37-27(6)32(18-14-20-50)39-23-36-31(17-13-19-49)26(5)35(45-36)22-38(29)48(43)25-47(37)39/h11-12,15-16,21-24,49-50H,7-10,13-14,17-20,25H2,1-6H3. The van der Waals surface area contributed by atoms with Crippen molar-refractivity contribution in [2.45, 2.75) is 105 Å². The molecular formula is C44H50N4O2. The van der Waals surface area contributed by atoms with Crippen molar-refractivity contribution in [1.82, 2.24) is 9.13 Å². The number of fused-ring (bicyclic) bond motifs is 4. The summed E-state index contributed by atoms with van der Waals surface area (Å²) in [4.78, 5) is 11.1. The van der Waals surface area contributed by atoms with Crippen LogP contribution < -0.4 is 10.7 Å². The molecule has 6 bridgehead atoms. The largest absolute Gasteiger partial charge is 0.396 e. The van der Waals surface area contributed by atoms with Crippen molar-refractivity contribution in [3.8, 4) is 0 Å². The Morgan fingerprint density at radius 3 is 2.26 bits per heavy atom. The van der Waals surface area contributed by atoms with E-state index < -0.39 is 0 Å². The number of hydrogen-bond acceptors (Lipinski definition) is 4. The highest BCUT2D eigenvalue weighted by Crippen LogP contribution is 2.45. The van der Waals surface area contributed by atoms with E-state index in [1.54, 1.807) is 0 Å². The lowest BCUT2D eigenvalue weighted by molar-refractivity contribution is 0.288. The van der Waals surface area contributed by atoms with Gasteiger partial charge in [-0.1, -0.05) is 52.0 Å². The Morgan fingerprint density at radius 2 is 1.54 bits per heavy atom. The topological polar surface area (TPSA) is 75.0 Å². The molecule has 6 heteroatoms. The number of nitrogens with zero attached hydrogens (tertiary/aromatic N) is 4. The Hall–Kier alpha value is -4.26. The van der Waals surface area contributed by atoms with Gasteiger partial charge < -0.3 is 19.3 Å². The van der Waals surface area contributed by atoms with Gasteiger partial charge in [-0.3, -0.25) is 4.99 Å². The molecule has 0 fully saturated rings. The van der Waals surface area contributed by atoms with Gasteiger partial charge in [-0.05, 0) is 139 Å². The fourth-order valence-electron chi connectivity index (χ4n) is 9.61. The highest BCUT2D eigenvalue weighted by Gasteiger charge is 2.40. The summed E-state index contributed by atoms with van der Waals surface area (Å²) < 4.78 is 5.12. The van der Waals surface area contributed by atoms with Crippen molar-refractivity contribution in [3.63, 3.8) is 0 Å². The smallest absolute Gasteiger partial charge is 0.100 e. The summed E-state index contributed by atoms with van der Waals surface area (Å²) >= 11 is 0. The SMILES string of the molecule is CCc1c(CC)c2n3c1=CC1=NC(=Cc4c(CCCO)c(C)c(n4C3)C=C3N=c4c(cc5ccccc5c4=2)C3(CC)CC)C(CCCO)=C1C. The second-order valence-corrected chi connectivity index (χ2v) is 14.5. The Bertz CT molecular complexity index is 2440. The Kier molecular flexibility index (Phi) is 8.23. The summed E-state index contributed by atoms with van der Waals surface area (Å²) in [5, 5.41) is 27.4. The lowest BCUT2D eigenvalue weighted by Crippen LogP contribution is -2.27. The van der Waals surface area contributed by atoms with Crippen LogP contribution in [0.25, 0.3) is 29.0 Å². The van der Waals surface area contributed by atoms with E-state index in [0.717, 1.165) is 66.7 Å². The normalized spacial score (nSPS) is 16.7. The Labute approximate surface area is 294 Å². The highest BCUT2D eigenvalue weighted by atomic mass is 16.3. The second kappa shape index (κ2) is 12.5. The minimum atomic E-state index is -0.203. The molecule has 258 valence electrons. The summed E-state index contributed by atoms with van der Waals surface area (Å²) in [7, 11) is 0. The average Bonchev–Trinajstić information content (AvgIpc) is 3.78. The van der Waals surface area contributed by atoms with Crippen LogP contribution in [0.3, 0.4) is 0 Å². The molecule has 2 N–H and O–H groups in total. The van der Waals surface area contributed by atoms with Gasteiger partial charge in [0.1, 0.15) is 6.67 Å². The van der Waals surface area contributed by atoms with Crippen molar-refractivity contribution in [2.24, 2.45) is 9.98 Å². The number of benzene rings is 2. The van der Waals surface area contributed by atoms with Crippen LogP contribution in [0.4, 0.5) is 0 Å². The van der Waals surface area contributed by atoms with Gasteiger partial charge in [-0.2, -0.15) is 0 Å². The van der Waals surface area contributed by atoms with E-state index >= 15 is 0 Å². The van der Waals surface area contributed by atoms with Crippen LogP contribution in [0.15, 0.2) is 62.9 Å². The van der Waals surface area contributed by atoms with Gasteiger partial charge in [0.25, 0.3) is 0 Å². The van der Waals surface area contributed by atoms with Crippen molar-refractivity contribution in [2.75, 3.05) is 13.2 Å². The highest BCUT2D eigenvalue weighted by molar-refractivity contribution is 6.23. The Morgan fingerprint density at radius 1 is 0.800 bits per heavy atom. The molecule has 4 aliphatic heterocycles. The van der Waals surface area contributed by atoms with Gasteiger partial charge in [0.2, 0.25) is 0 Å². The lowest BCUT2D eigenvalue weighted by Gasteiger charge is -2.29. The van der Waals surface area contributed by atoms with E-state index in [1.165, 1.54) is 71.3 Å². The zero-order chi connectivity index (χ0) is 34.9. The molecule has 0 radical (unpaired) electrons. The fraction of sp³-hybridized carbons (Fsp3) is 0.409. The summed E-state index contributed by atoms with van der Waals surface area (Å²) in [6.45, 7) is 14.7. The average molecular weight is 667 g/mol. The number of aliphatic hydroxyl groups is 2. The summed E-state index contributed by atoms with van der Waals surface area (Å²) in [6.07, 6.45) is 13.8. The second-order valence-electron chi connectivity index (χ2n) is 14.5. The van der Waals surface area contributed by atoms with E-state index in [-0.39, 0.29) is 18.6 Å². The van der Waals surface area contributed by atoms with Crippen LogP contribution in [-0.4, -0.2) is 38.3 Å². The first-order valence-corrected chi connectivity index (χ1v) is 18.9. The van der Waals surface area contributed by atoms with Gasteiger partial charge in [-0.15, -0.1) is 0 Å². The number of hydrogen-bond donors (Lipinski definition) is 2. The van der Waals surface area contributed by atoms with Gasteiger partial charge in [-0.25, -0.2) is 4.99 Å². The molecule has 0 unspecified atom stereocenters. The molecule has 4 aromatic rings. The molecule has 2 aromatic carbocycles. The number of aliphatic hydroxyl groups excluding tert-OH is 2. The zero-order valence-electron chi connectivity index (χ0n) is 30.6. The first-order chi connectivity index (χ1) is 24.3. The van der Waals surface area contributed by atoms with Gasteiger partial charge in [0.05, 0.1) is 27.8 Å². The van der Waals surface area contributed by atoms with E-state index in [1.807, 2.05) is 0 Å². The summed E-state index contributed by atoms with van der Waals surface area (Å²) in [6, 6.07) is 11.4. The quantitative estimate of drug-likeness (QED) is 0.186. The molecular weight excluding hydrogens is 617 g/mol. The number of rotatable bonds is 10. The number of allylic oxidation sites excluding steroid dienone is 3. The van der Waals surface area contributed by atoms with Crippen molar-refractivity contribution in [1.29, 1.82) is 0 Å². The number of aromatic nitrogens is 2. The van der Waals surface area contributed by atoms with Gasteiger partial charge in [0.15, 0.2) is 0 Å².